The van der Waals surface area contributed by atoms with Gasteiger partial charge in [-0.1, -0.05) is 20.8 Å². The minimum Gasteiger partial charge on any atom is -0.296 e. The molecule has 0 atom stereocenters. The van der Waals surface area contributed by atoms with Crippen molar-refractivity contribution in [2.24, 2.45) is 5.92 Å². The number of anilines is 1. The first-order valence-corrected chi connectivity index (χ1v) is 6.08. The molecule has 100 valence electrons. The van der Waals surface area contributed by atoms with Crippen molar-refractivity contribution in [1.82, 2.24) is 19.9 Å². The Bertz CT molecular complexity index is 677. The Kier molecular flexibility index (Phi) is 3.55. The SMILES string of the molecule is CCc1cnc2nc(NC(=O)C(C)C)[nH]c(=O)c2n1. The first kappa shape index (κ1) is 13.1. The summed E-state index contributed by atoms with van der Waals surface area (Å²) < 4.78 is 0. The van der Waals surface area contributed by atoms with E-state index in [0.717, 1.165) is 5.69 Å². The second-order valence-corrected chi connectivity index (χ2v) is 4.45. The molecule has 2 N–H and O–H groups in total. The second-order valence-electron chi connectivity index (χ2n) is 4.45. The molecule has 0 bridgehead atoms. The molecule has 1 amide bonds. The number of fused-ring (bicyclic) bond motifs is 1. The molecule has 2 aromatic heterocycles. The van der Waals surface area contributed by atoms with E-state index < -0.39 is 5.56 Å². The van der Waals surface area contributed by atoms with Gasteiger partial charge in [0.05, 0.1) is 11.9 Å². The standard InChI is InChI=1S/C12H15N5O2/c1-4-7-5-13-9-8(14-7)11(19)17-12(15-9)16-10(18)6(2)3/h5-6H,4H2,1-3H3,(H2,13,15,16,17,18,19). The molecule has 7 nitrogen and oxygen atoms in total. The third-order valence-electron chi connectivity index (χ3n) is 2.60. The number of aromatic nitrogens is 4. The summed E-state index contributed by atoms with van der Waals surface area (Å²) in [5, 5.41) is 2.53. The normalized spacial score (nSPS) is 10.9. The van der Waals surface area contributed by atoms with E-state index in [0.29, 0.717) is 6.42 Å². The number of rotatable bonds is 3. The zero-order valence-electron chi connectivity index (χ0n) is 11.0. The highest BCUT2D eigenvalue weighted by Gasteiger charge is 2.11. The van der Waals surface area contributed by atoms with E-state index in [1.807, 2.05) is 6.92 Å². The summed E-state index contributed by atoms with van der Waals surface area (Å²) in [5.41, 5.74) is 0.715. The maximum atomic E-state index is 11.9. The van der Waals surface area contributed by atoms with Crippen molar-refractivity contribution in [3.63, 3.8) is 0 Å². The number of aryl methyl sites for hydroxylation is 1. The topological polar surface area (TPSA) is 101 Å². The number of carbonyl (C=O) groups excluding carboxylic acids is 1. The number of aromatic amines is 1. The Morgan fingerprint density at radius 1 is 1.42 bits per heavy atom. The number of hydrogen-bond acceptors (Lipinski definition) is 5. The molecule has 0 saturated carbocycles. The highest BCUT2D eigenvalue weighted by Crippen LogP contribution is 2.06. The Balaban J connectivity index is 2.45. The van der Waals surface area contributed by atoms with E-state index >= 15 is 0 Å². The summed E-state index contributed by atoms with van der Waals surface area (Å²) >= 11 is 0. The van der Waals surface area contributed by atoms with Crippen molar-refractivity contribution < 1.29 is 4.79 Å². The number of nitrogens with zero attached hydrogens (tertiary/aromatic N) is 3. The fourth-order valence-corrected chi connectivity index (χ4v) is 1.44. The van der Waals surface area contributed by atoms with Crippen LogP contribution < -0.4 is 10.9 Å². The lowest BCUT2D eigenvalue weighted by Crippen LogP contribution is -2.22. The van der Waals surface area contributed by atoms with Crippen LogP contribution >= 0.6 is 0 Å². The molecule has 0 spiro atoms. The summed E-state index contributed by atoms with van der Waals surface area (Å²) in [5.74, 6) is -0.329. The van der Waals surface area contributed by atoms with Crippen LogP contribution in [0.4, 0.5) is 5.95 Å². The van der Waals surface area contributed by atoms with Gasteiger partial charge in [-0.25, -0.2) is 9.97 Å². The molecule has 0 radical (unpaired) electrons. The lowest BCUT2D eigenvalue weighted by molar-refractivity contribution is -0.118. The molecule has 0 fully saturated rings. The zero-order valence-corrected chi connectivity index (χ0v) is 11.0. The summed E-state index contributed by atoms with van der Waals surface area (Å²) in [6, 6.07) is 0. The molecule has 0 aromatic carbocycles. The summed E-state index contributed by atoms with van der Waals surface area (Å²) in [4.78, 5) is 38.2. The second kappa shape index (κ2) is 5.13. The minimum absolute atomic E-state index is 0.0924. The average Bonchev–Trinajstić information content (AvgIpc) is 2.38. The molecule has 0 unspecified atom stereocenters. The third-order valence-corrected chi connectivity index (χ3v) is 2.60. The molecule has 0 aliphatic heterocycles. The van der Waals surface area contributed by atoms with Crippen LogP contribution in [0.15, 0.2) is 11.0 Å². The summed E-state index contributed by atoms with van der Waals surface area (Å²) in [7, 11) is 0. The molecular weight excluding hydrogens is 246 g/mol. The Labute approximate surface area is 109 Å². The van der Waals surface area contributed by atoms with Crippen LogP contribution in [0.2, 0.25) is 0 Å². The maximum Gasteiger partial charge on any atom is 0.280 e. The van der Waals surface area contributed by atoms with Crippen LogP contribution in [0.3, 0.4) is 0 Å². The molecule has 2 aromatic rings. The predicted molar refractivity (Wildman–Crippen MR) is 70.8 cm³/mol. The van der Waals surface area contributed by atoms with Crippen LogP contribution in [-0.2, 0) is 11.2 Å². The van der Waals surface area contributed by atoms with E-state index in [9.17, 15) is 9.59 Å². The van der Waals surface area contributed by atoms with E-state index in [4.69, 9.17) is 0 Å². The number of amides is 1. The molecule has 0 aliphatic carbocycles. The third kappa shape index (κ3) is 2.75. The zero-order chi connectivity index (χ0) is 14.0. The van der Waals surface area contributed by atoms with E-state index in [1.54, 1.807) is 20.0 Å². The Hall–Kier alpha value is -2.31. The predicted octanol–water partition coefficient (Wildman–Crippen LogP) is 0.870. The smallest absolute Gasteiger partial charge is 0.280 e. The highest BCUT2D eigenvalue weighted by molar-refractivity contribution is 5.90. The first-order chi connectivity index (χ1) is 9.01. The van der Waals surface area contributed by atoms with Gasteiger partial charge in [-0.2, -0.15) is 4.98 Å². The maximum absolute atomic E-state index is 11.9. The fraction of sp³-hybridized carbons (Fsp3) is 0.417. The van der Waals surface area contributed by atoms with Crippen molar-refractivity contribution in [2.75, 3.05) is 5.32 Å². The van der Waals surface area contributed by atoms with Gasteiger partial charge in [0, 0.05) is 5.92 Å². The van der Waals surface area contributed by atoms with Crippen LogP contribution in [0.25, 0.3) is 11.2 Å². The van der Waals surface area contributed by atoms with Gasteiger partial charge in [0.25, 0.3) is 5.56 Å². The highest BCUT2D eigenvalue weighted by atomic mass is 16.2. The van der Waals surface area contributed by atoms with Crippen LogP contribution in [0.1, 0.15) is 26.5 Å². The lowest BCUT2D eigenvalue weighted by atomic mass is 10.2. The molecule has 2 rings (SSSR count). The van der Waals surface area contributed by atoms with E-state index in [1.165, 1.54) is 0 Å². The van der Waals surface area contributed by atoms with Gasteiger partial charge in [-0.05, 0) is 6.42 Å². The summed E-state index contributed by atoms with van der Waals surface area (Å²) in [6.07, 6.45) is 2.26. The molecule has 7 heteroatoms. The van der Waals surface area contributed by atoms with Crippen LogP contribution in [-0.4, -0.2) is 25.8 Å². The van der Waals surface area contributed by atoms with Crippen LogP contribution in [0.5, 0.6) is 0 Å². The van der Waals surface area contributed by atoms with Crippen LogP contribution in [0, 0.1) is 5.92 Å². The van der Waals surface area contributed by atoms with Gasteiger partial charge in [0.15, 0.2) is 11.2 Å². The number of carbonyl (C=O) groups is 1. The van der Waals surface area contributed by atoms with Crippen molar-refractivity contribution in [3.8, 4) is 0 Å². The van der Waals surface area contributed by atoms with Crippen molar-refractivity contribution in [1.29, 1.82) is 0 Å². The van der Waals surface area contributed by atoms with Crippen molar-refractivity contribution >= 4 is 23.0 Å². The van der Waals surface area contributed by atoms with Gasteiger partial charge in [-0.15, -0.1) is 0 Å². The summed E-state index contributed by atoms with van der Waals surface area (Å²) in [6.45, 7) is 5.43. The fourth-order valence-electron chi connectivity index (χ4n) is 1.44. The molecule has 0 saturated heterocycles. The van der Waals surface area contributed by atoms with Gasteiger partial charge in [0.2, 0.25) is 11.9 Å². The lowest BCUT2D eigenvalue weighted by Gasteiger charge is -2.07. The Morgan fingerprint density at radius 2 is 2.16 bits per heavy atom. The van der Waals surface area contributed by atoms with Gasteiger partial charge in [-0.3, -0.25) is 19.9 Å². The average molecular weight is 261 g/mol. The van der Waals surface area contributed by atoms with Crippen molar-refractivity contribution in [2.45, 2.75) is 27.2 Å². The minimum atomic E-state index is -0.410. The van der Waals surface area contributed by atoms with Crippen molar-refractivity contribution in [3.05, 3.63) is 22.2 Å². The molecule has 19 heavy (non-hydrogen) atoms. The van der Waals surface area contributed by atoms with Gasteiger partial charge in [0.1, 0.15) is 0 Å². The van der Waals surface area contributed by atoms with E-state index in [-0.39, 0.29) is 28.9 Å². The molecule has 0 aliphatic rings. The molecule has 2 heterocycles. The first-order valence-electron chi connectivity index (χ1n) is 6.08. The molecular formula is C12H15N5O2. The number of hydrogen-bond donors (Lipinski definition) is 2. The van der Waals surface area contributed by atoms with E-state index in [2.05, 4.69) is 25.3 Å². The largest absolute Gasteiger partial charge is 0.296 e. The van der Waals surface area contributed by atoms with Gasteiger partial charge < -0.3 is 0 Å². The quantitative estimate of drug-likeness (QED) is 0.853. The number of nitrogens with one attached hydrogen (secondary N) is 2. The Morgan fingerprint density at radius 3 is 2.79 bits per heavy atom. The number of H-pyrrole nitrogens is 1. The van der Waals surface area contributed by atoms with Gasteiger partial charge >= 0.3 is 0 Å². The monoisotopic (exact) mass is 261 g/mol.